The van der Waals surface area contributed by atoms with E-state index in [1.165, 1.54) is 0 Å². The lowest BCUT2D eigenvalue weighted by atomic mass is 10.3. The number of hydrogen-bond donors (Lipinski definition) is 0. The molecule has 0 spiro atoms. The molecular formula is C10H14FP. The maximum atomic E-state index is 13.7. The Balaban J connectivity index is 2.86. The van der Waals surface area contributed by atoms with Gasteiger partial charge < -0.3 is 0 Å². The summed E-state index contributed by atoms with van der Waals surface area (Å²) in [6, 6.07) is 9.40. The van der Waals surface area contributed by atoms with Gasteiger partial charge in [-0.1, -0.05) is 51.1 Å². The summed E-state index contributed by atoms with van der Waals surface area (Å²) in [7, 11) is -1.52. The Bertz CT molecular complexity index is 238. The van der Waals surface area contributed by atoms with Gasteiger partial charge in [0, 0.05) is 10.5 Å². The van der Waals surface area contributed by atoms with E-state index in [-0.39, 0.29) is 5.16 Å². The summed E-state index contributed by atoms with van der Waals surface area (Å²) < 4.78 is 13.7. The highest BCUT2D eigenvalue weighted by atomic mass is 31.2. The quantitative estimate of drug-likeness (QED) is 0.586. The summed E-state index contributed by atoms with van der Waals surface area (Å²) in [6.07, 6.45) is 0. The second kappa shape index (κ2) is 3.53. The SMILES string of the molecule is CC(C)(C)P(F)c1ccccc1. The molecule has 0 heterocycles. The predicted octanol–water partition coefficient (Wildman–Crippen LogP) is 3.48. The van der Waals surface area contributed by atoms with E-state index in [4.69, 9.17) is 0 Å². The van der Waals surface area contributed by atoms with Crippen molar-refractivity contribution in [1.82, 2.24) is 0 Å². The van der Waals surface area contributed by atoms with Crippen LogP contribution in [0.1, 0.15) is 20.8 Å². The molecule has 0 aliphatic carbocycles. The molecule has 1 rings (SSSR count). The van der Waals surface area contributed by atoms with Gasteiger partial charge in [0.2, 0.25) is 0 Å². The fourth-order valence-corrected chi connectivity index (χ4v) is 2.15. The molecule has 0 fully saturated rings. The number of benzene rings is 1. The Kier molecular flexibility index (Phi) is 2.85. The van der Waals surface area contributed by atoms with Gasteiger partial charge in [-0.25, -0.2) is 4.20 Å². The third kappa shape index (κ3) is 2.28. The van der Waals surface area contributed by atoms with Crippen LogP contribution in [0.5, 0.6) is 0 Å². The van der Waals surface area contributed by atoms with Crippen LogP contribution in [0.15, 0.2) is 30.3 Å². The van der Waals surface area contributed by atoms with Crippen molar-refractivity contribution in [2.75, 3.05) is 0 Å². The van der Waals surface area contributed by atoms with E-state index in [1.807, 2.05) is 51.1 Å². The zero-order valence-electron chi connectivity index (χ0n) is 7.71. The molecule has 0 aromatic heterocycles. The van der Waals surface area contributed by atoms with E-state index in [9.17, 15) is 4.20 Å². The molecule has 2 heteroatoms. The van der Waals surface area contributed by atoms with E-state index in [2.05, 4.69) is 0 Å². The summed E-state index contributed by atoms with van der Waals surface area (Å²) in [5.41, 5.74) is 0. The average molecular weight is 184 g/mol. The number of rotatable bonds is 1. The lowest BCUT2D eigenvalue weighted by molar-refractivity contribution is 0.729. The van der Waals surface area contributed by atoms with E-state index in [0.29, 0.717) is 0 Å². The van der Waals surface area contributed by atoms with Crippen molar-refractivity contribution in [3.63, 3.8) is 0 Å². The molecule has 0 aliphatic heterocycles. The molecule has 0 radical (unpaired) electrons. The minimum atomic E-state index is -1.52. The number of halogens is 1. The van der Waals surface area contributed by atoms with Crippen LogP contribution in [0.25, 0.3) is 0 Å². The summed E-state index contributed by atoms with van der Waals surface area (Å²) in [5, 5.41) is 0.594. The van der Waals surface area contributed by atoms with Gasteiger partial charge in [0.05, 0.1) is 0 Å². The molecule has 0 aliphatic rings. The summed E-state index contributed by atoms with van der Waals surface area (Å²) in [6.45, 7) is 5.81. The molecule has 0 nitrogen and oxygen atoms in total. The second-order valence-corrected chi connectivity index (χ2v) is 6.21. The zero-order chi connectivity index (χ0) is 9.19. The molecule has 0 saturated heterocycles. The standard InChI is InChI=1S/C10H14FP/c1-10(2,3)12(11)9-7-5-4-6-8-9/h4-8H,1-3H3. The molecule has 0 saturated carbocycles. The van der Waals surface area contributed by atoms with Gasteiger partial charge in [0.25, 0.3) is 0 Å². The van der Waals surface area contributed by atoms with Crippen molar-refractivity contribution in [1.29, 1.82) is 0 Å². The van der Waals surface area contributed by atoms with Crippen molar-refractivity contribution in [3.8, 4) is 0 Å². The Morgan fingerprint density at radius 3 is 2.00 bits per heavy atom. The van der Waals surface area contributed by atoms with Gasteiger partial charge in [0.1, 0.15) is 8.23 Å². The fraction of sp³-hybridized carbons (Fsp3) is 0.400. The Morgan fingerprint density at radius 1 is 1.08 bits per heavy atom. The molecule has 66 valence electrons. The first-order valence-electron chi connectivity index (χ1n) is 4.03. The Hall–Kier alpha value is -0.420. The van der Waals surface area contributed by atoms with Gasteiger partial charge in [-0.2, -0.15) is 0 Å². The minimum absolute atomic E-state index is 0.239. The van der Waals surface area contributed by atoms with Crippen molar-refractivity contribution >= 4 is 13.5 Å². The highest BCUT2D eigenvalue weighted by Crippen LogP contribution is 2.49. The maximum absolute atomic E-state index is 13.7. The molecular weight excluding hydrogens is 170 g/mol. The fourth-order valence-electron chi connectivity index (χ4n) is 0.946. The van der Waals surface area contributed by atoms with Gasteiger partial charge in [-0.3, -0.25) is 0 Å². The highest BCUT2D eigenvalue weighted by Gasteiger charge is 2.25. The summed E-state index contributed by atoms with van der Waals surface area (Å²) >= 11 is 0. The van der Waals surface area contributed by atoms with E-state index in [0.717, 1.165) is 5.30 Å². The Morgan fingerprint density at radius 2 is 1.58 bits per heavy atom. The number of hydrogen-bond acceptors (Lipinski definition) is 0. The minimum Gasteiger partial charge on any atom is -0.221 e. The zero-order valence-corrected chi connectivity index (χ0v) is 8.61. The molecule has 0 amide bonds. The maximum Gasteiger partial charge on any atom is 0.118 e. The van der Waals surface area contributed by atoms with Crippen LogP contribution in [-0.2, 0) is 0 Å². The van der Waals surface area contributed by atoms with E-state index < -0.39 is 8.23 Å². The molecule has 1 aromatic carbocycles. The molecule has 12 heavy (non-hydrogen) atoms. The van der Waals surface area contributed by atoms with E-state index in [1.54, 1.807) is 0 Å². The summed E-state index contributed by atoms with van der Waals surface area (Å²) in [5.74, 6) is 0. The molecule has 1 atom stereocenters. The van der Waals surface area contributed by atoms with Crippen LogP contribution in [0.4, 0.5) is 4.20 Å². The van der Waals surface area contributed by atoms with Crippen LogP contribution in [0.3, 0.4) is 0 Å². The van der Waals surface area contributed by atoms with Crippen molar-refractivity contribution in [2.24, 2.45) is 0 Å². The van der Waals surface area contributed by atoms with Crippen LogP contribution in [0, 0.1) is 0 Å². The van der Waals surface area contributed by atoms with Crippen LogP contribution in [0.2, 0.25) is 0 Å². The first-order chi connectivity index (χ1) is 5.52. The lowest BCUT2D eigenvalue weighted by Gasteiger charge is -2.22. The highest BCUT2D eigenvalue weighted by molar-refractivity contribution is 7.62. The van der Waals surface area contributed by atoms with Crippen LogP contribution in [-0.4, -0.2) is 5.16 Å². The average Bonchev–Trinajstić information content (AvgIpc) is 2.03. The molecule has 0 bridgehead atoms. The third-order valence-electron chi connectivity index (χ3n) is 1.57. The normalized spacial score (nSPS) is 14.3. The molecule has 1 aromatic rings. The summed E-state index contributed by atoms with van der Waals surface area (Å²) in [4.78, 5) is 0. The van der Waals surface area contributed by atoms with Gasteiger partial charge in [-0.15, -0.1) is 0 Å². The smallest absolute Gasteiger partial charge is 0.118 e. The predicted molar refractivity (Wildman–Crippen MR) is 53.9 cm³/mol. The third-order valence-corrected chi connectivity index (χ3v) is 3.50. The van der Waals surface area contributed by atoms with Crippen LogP contribution >= 0.6 is 8.23 Å². The largest absolute Gasteiger partial charge is 0.221 e. The molecule has 1 unspecified atom stereocenters. The first kappa shape index (κ1) is 9.67. The van der Waals surface area contributed by atoms with Crippen molar-refractivity contribution < 1.29 is 4.20 Å². The lowest BCUT2D eigenvalue weighted by Crippen LogP contribution is -2.16. The topological polar surface area (TPSA) is 0 Å². The Labute approximate surface area is 74.7 Å². The van der Waals surface area contributed by atoms with Crippen molar-refractivity contribution in [3.05, 3.63) is 30.3 Å². The van der Waals surface area contributed by atoms with Gasteiger partial charge in [0.15, 0.2) is 0 Å². The van der Waals surface area contributed by atoms with E-state index >= 15 is 0 Å². The second-order valence-electron chi connectivity index (χ2n) is 3.79. The monoisotopic (exact) mass is 184 g/mol. The van der Waals surface area contributed by atoms with Gasteiger partial charge >= 0.3 is 0 Å². The van der Waals surface area contributed by atoms with Crippen molar-refractivity contribution in [2.45, 2.75) is 25.9 Å². The molecule has 0 N–H and O–H groups in total. The van der Waals surface area contributed by atoms with Crippen LogP contribution < -0.4 is 5.30 Å². The van der Waals surface area contributed by atoms with Gasteiger partial charge in [-0.05, 0) is 0 Å². The first-order valence-corrected chi connectivity index (χ1v) is 5.26.